The molecule has 0 aliphatic carbocycles. The van der Waals surface area contributed by atoms with Gasteiger partial charge in [-0.25, -0.2) is 0 Å². The lowest BCUT2D eigenvalue weighted by Gasteiger charge is -2.26. The van der Waals surface area contributed by atoms with Gasteiger partial charge in [-0.1, -0.05) is 18.2 Å². The summed E-state index contributed by atoms with van der Waals surface area (Å²) in [6, 6.07) is 15.6. The molecule has 1 unspecified atom stereocenters. The number of hydrogen-bond donors (Lipinski definition) is 0. The molecule has 0 radical (unpaired) electrons. The van der Waals surface area contributed by atoms with E-state index in [0.29, 0.717) is 23.6 Å². The minimum absolute atomic E-state index is 0.0390. The van der Waals surface area contributed by atoms with E-state index < -0.39 is 0 Å². The van der Waals surface area contributed by atoms with Crippen molar-refractivity contribution in [3.05, 3.63) is 77.6 Å². The van der Waals surface area contributed by atoms with Gasteiger partial charge in [-0.15, -0.1) is 0 Å². The molecule has 1 fully saturated rings. The molecule has 4 rings (SSSR count). The maximum atomic E-state index is 13.3. The molecule has 0 N–H and O–H groups in total. The molecule has 1 aromatic heterocycles. The zero-order chi connectivity index (χ0) is 20.2. The number of methoxy groups -OCH3 is 2. The fourth-order valence-electron chi connectivity index (χ4n) is 3.97. The molecule has 1 saturated heterocycles. The topological polar surface area (TPSA) is 56.6 Å². The predicted octanol–water partition coefficient (Wildman–Crippen LogP) is 3.93. The van der Waals surface area contributed by atoms with Gasteiger partial charge >= 0.3 is 0 Å². The van der Waals surface area contributed by atoms with Crippen LogP contribution < -0.4 is 9.47 Å². The van der Waals surface area contributed by atoms with Gasteiger partial charge in [0.25, 0.3) is 5.91 Å². The molecule has 6 heteroatoms. The lowest BCUT2D eigenvalue weighted by atomic mass is 10.0. The molecule has 6 nitrogen and oxygen atoms in total. The van der Waals surface area contributed by atoms with Gasteiger partial charge in [-0.3, -0.25) is 9.48 Å². The molecule has 1 aliphatic heterocycles. The number of amides is 1. The number of carbonyl (C=O) groups excluding carboxylic acids is 1. The number of rotatable bonds is 6. The minimum Gasteiger partial charge on any atom is -0.493 e. The normalized spacial score (nSPS) is 16.1. The summed E-state index contributed by atoms with van der Waals surface area (Å²) in [7, 11) is 3.25. The van der Waals surface area contributed by atoms with Crippen molar-refractivity contribution >= 4 is 5.91 Å². The first-order valence-corrected chi connectivity index (χ1v) is 9.79. The average Bonchev–Trinajstić information content (AvgIpc) is 3.45. The third-order valence-electron chi connectivity index (χ3n) is 5.38. The minimum atomic E-state index is 0.0390. The zero-order valence-corrected chi connectivity index (χ0v) is 16.7. The lowest BCUT2D eigenvalue weighted by Crippen LogP contribution is -2.30. The molecule has 0 spiro atoms. The highest BCUT2D eigenvalue weighted by Gasteiger charge is 2.31. The molecule has 1 atom stereocenters. The number of aromatic nitrogens is 2. The van der Waals surface area contributed by atoms with E-state index in [1.54, 1.807) is 20.4 Å². The average molecular weight is 391 g/mol. The van der Waals surface area contributed by atoms with Gasteiger partial charge < -0.3 is 14.4 Å². The van der Waals surface area contributed by atoms with Crippen molar-refractivity contribution in [2.24, 2.45) is 0 Å². The van der Waals surface area contributed by atoms with E-state index in [4.69, 9.17) is 9.47 Å². The Morgan fingerprint density at radius 2 is 1.97 bits per heavy atom. The molecule has 3 aromatic rings. The van der Waals surface area contributed by atoms with Crippen molar-refractivity contribution in [2.45, 2.75) is 25.4 Å². The van der Waals surface area contributed by atoms with Crippen LogP contribution in [0, 0.1) is 0 Å². The summed E-state index contributed by atoms with van der Waals surface area (Å²) in [6.07, 6.45) is 5.60. The van der Waals surface area contributed by atoms with Crippen molar-refractivity contribution in [3.63, 3.8) is 0 Å². The van der Waals surface area contributed by atoms with Crippen molar-refractivity contribution in [3.8, 4) is 11.5 Å². The first kappa shape index (κ1) is 19.1. The molecule has 0 bridgehead atoms. The van der Waals surface area contributed by atoms with Crippen LogP contribution in [-0.2, 0) is 6.54 Å². The van der Waals surface area contributed by atoms with Crippen molar-refractivity contribution in [1.29, 1.82) is 0 Å². The second kappa shape index (κ2) is 8.39. The lowest BCUT2D eigenvalue weighted by molar-refractivity contribution is 0.0735. The van der Waals surface area contributed by atoms with Crippen LogP contribution in [0.25, 0.3) is 0 Å². The summed E-state index contributed by atoms with van der Waals surface area (Å²) < 4.78 is 12.6. The second-order valence-corrected chi connectivity index (χ2v) is 7.18. The van der Waals surface area contributed by atoms with Crippen LogP contribution in [0.15, 0.2) is 60.9 Å². The van der Waals surface area contributed by atoms with Gasteiger partial charge in [0.05, 0.1) is 26.8 Å². The summed E-state index contributed by atoms with van der Waals surface area (Å²) >= 11 is 0. The van der Waals surface area contributed by atoms with E-state index in [1.165, 1.54) is 0 Å². The third kappa shape index (κ3) is 3.97. The molecule has 2 heterocycles. The van der Waals surface area contributed by atoms with Crippen molar-refractivity contribution in [2.75, 3.05) is 20.8 Å². The first-order valence-electron chi connectivity index (χ1n) is 9.79. The van der Waals surface area contributed by atoms with Gasteiger partial charge in [0.2, 0.25) is 0 Å². The Morgan fingerprint density at radius 3 is 2.72 bits per heavy atom. The Labute approximate surface area is 170 Å². The zero-order valence-electron chi connectivity index (χ0n) is 16.7. The van der Waals surface area contributed by atoms with E-state index in [1.807, 2.05) is 64.3 Å². The highest BCUT2D eigenvalue weighted by atomic mass is 16.5. The summed E-state index contributed by atoms with van der Waals surface area (Å²) in [5, 5.41) is 4.24. The molecule has 2 aromatic carbocycles. The predicted molar refractivity (Wildman–Crippen MR) is 110 cm³/mol. The van der Waals surface area contributed by atoms with Crippen LogP contribution in [-0.4, -0.2) is 41.4 Å². The molecule has 0 saturated carbocycles. The van der Waals surface area contributed by atoms with Crippen LogP contribution in [0.5, 0.6) is 11.5 Å². The largest absolute Gasteiger partial charge is 0.493 e. The fraction of sp³-hybridized carbons (Fsp3) is 0.304. The maximum Gasteiger partial charge on any atom is 0.254 e. The Kier molecular flexibility index (Phi) is 5.51. The summed E-state index contributed by atoms with van der Waals surface area (Å²) in [5.74, 6) is 1.44. The molecular weight excluding hydrogens is 366 g/mol. The number of benzene rings is 2. The van der Waals surface area contributed by atoms with Gasteiger partial charge in [0.1, 0.15) is 0 Å². The summed E-state index contributed by atoms with van der Waals surface area (Å²) in [6.45, 7) is 1.40. The van der Waals surface area contributed by atoms with Gasteiger partial charge in [0.15, 0.2) is 11.5 Å². The number of ether oxygens (including phenoxy) is 2. The molecule has 150 valence electrons. The molecule has 1 aliphatic rings. The maximum absolute atomic E-state index is 13.3. The monoisotopic (exact) mass is 391 g/mol. The Hall–Kier alpha value is -3.28. The SMILES string of the molecule is COc1ccc(C2CCCN2C(=O)c2cccc(Cn3cccn3)c2)cc1OC. The van der Waals surface area contributed by atoms with E-state index in [-0.39, 0.29) is 11.9 Å². The Balaban J connectivity index is 1.57. The fourth-order valence-corrected chi connectivity index (χ4v) is 3.97. The highest BCUT2D eigenvalue weighted by Crippen LogP contribution is 2.37. The van der Waals surface area contributed by atoms with Crippen LogP contribution >= 0.6 is 0 Å². The Morgan fingerprint density at radius 1 is 1.10 bits per heavy atom. The number of carbonyl (C=O) groups is 1. The summed E-state index contributed by atoms with van der Waals surface area (Å²) in [5.41, 5.74) is 2.84. The first-order chi connectivity index (χ1) is 14.2. The smallest absolute Gasteiger partial charge is 0.254 e. The van der Waals surface area contributed by atoms with E-state index in [0.717, 1.165) is 30.5 Å². The van der Waals surface area contributed by atoms with Gasteiger partial charge in [0, 0.05) is 24.5 Å². The van der Waals surface area contributed by atoms with Crippen LogP contribution in [0.1, 0.15) is 40.4 Å². The van der Waals surface area contributed by atoms with Gasteiger partial charge in [-0.2, -0.15) is 5.10 Å². The quantitative estimate of drug-likeness (QED) is 0.639. The standard InChI is InChI=1S/C23H25N3O3/c1-28-21-10-9-18(15-22(21)29-2)20-8-4-13-26(20)23(27)19-7-3-6-17(14-19)16-25-12-5-11-24-25/h3,5-7,9-12,14-15,20H,4,8,13,16H2,1-2H3. The van der Waals surface area contributed by atoms with Gasteiger partial charge in [-0.05, 0) is 54.3 Å². The second-order valence-electron chi connectivity index (χ2n) is 7.18. The number of nitrogens with zero attached hydrogens (tertiary/aromatic N) is 3. The molecule has 29 heavy (non-hydrogen) atoms. The Bertz CT molecular complexity index is 985. The summed E-state index contributed by atoms with van der Waals surface area (Å²) in [4.78, 5) is 15.3. The highest BCUT2D eigenvalue weighted by molar-refractivity contribution is 5.94. The molecule has 1 amide bonds. The number of hydrogen-bond acceptors (Lipinski definition) is 4. The van der Waals surface area contributed by atoms with Crippen LogP contribution in [0.4, 0.5) is 0 Å². The van der Waals surface area contributed by atoms with Crippen molar-refractivity contribution < 1.29 is 14.3 Å². The third-order valence-corrected chi connectivity index (χ3v) is 5.38. The van der Waals surface area contributed by atoms with Crippen LogP contribution in [0.3, 0.4) is 0 Å². The number of likely N-dealkylation sites (tertiary alicyclic amines) is 1. The van der Waals surface area contributed by atoms with Crippen molar-refractivity contribution in [1.82, 2.24) is 14.7 Å². The van der Waals surface area contributed by atoms with E-state index in [2.05, 4.69) is 5.10 Å². The van der Waals surface area contributed by atoms with E-state index in [9.17, 15) is 4.79 Å². The van der Waals surface area contributed by atoms with E-state index >= 15 is 0 Å². The van der Waals surface area contributed by atoms with Crippen LogP contribution in [0.2, 0.25) is 0 Å². The molecular formula is C23H25N3O3.